The Morgan fingerprint density at radius 1 is 1.03 bits per heavy atom. The Labute approximate surface area is 210 Å². The molecule has 0 bridgehead atoms. The molecule has 1 saturated heterocycles. The van der Waals surface area contributed by atoms with Crippen molar-refractivity contribution in [3.05, 3.63) is 102 Å². The number of hydrogen-bond donors (Lipinski definition) is 2. The van der Waals surface area contributed by atoms with Gasteiger partial charge in [-0.25, -0.2) is 0 Å². The Bertz CT molecular complexity index is 1350. The van der Waals surface area contributed by atoms with Crippen LogP contribution in [0.2, 0.25) is 0 Å². The summed E-state index contributed by atoms with van der Waals surface area (Å²) < 4.78 is 7.74. The van der Waals surface area contributed by atoms with Gasteiger partial charge in [0, 0.05) is 23.3 Å². The molecule has 0 aliphatic carbocycles. The van der Waals surface area contributed by atoms with E-state index in [2.05, 4.69) is 39.7 Å². The SMILES string of the molecule is CCOc1ccc(N2C(=S)N[C@@H](c3ccccn3)[C@H]2c2cc(C)n(-c3ccccc3O)c2C)cc1. The quantitative estimate of drug-likeness (QED) is 0.339. The van der Waals surface area contributed by atoms with Gasteiger partial charge in [-0.1, -0.05) is 18.2 Å². The fraction of sp³-hybridized carbons (Fsp3) is 0.214. The maximum absolute atomic E-state index is 10.6. The van der Waals surface area contributed by atoms with Crippen molar-refractivity contribution in [1.29, 1.82) is 0 Å². The zero-order valence-electron chi connectivity index (χ0n) is 20.0. The number of pyridine rings is 1. The Hall–Kier alpha value is -3.84. The molecule has 2 atom stereocenters. The summed E-state index contributed by atoms with van der Waals surface area (Å²) >= 11 is 5.87. The number of aromatic hydroxyl groups is 1. The maximum atomic E-state index is 10.6. The average molecular weight is 485 g/mol. The van der Waals surface area contributed by atoms with Crippen molar-refractivity contribution in [3.63, 3.8) is 0 Å². The Kier molecular flexibility index (Phi) is 6.17. The summed E-state index contributed by atoms with van der Waals surface area (Å²) in [6.45, 7) is 6.73. The number of ether oxygens (including phenoxy) is 1. The van der Waals surface area contributed by atoms with E-state index in [1.165, 1.54) is 0 Å². The monoisotopic (exact) mass is 484 g/mol. The summed E-state index contributed by atoms with van der Waals surface area (Å²) in [4.78, 5) is 6.81. The first-order chi connectivity index (χ1) is 17.0. The van der Waals surface area contributed by atoms with Gasteiger partial charge in [0.2, 0.25) is 0 Å². The lowest BCUT2D eigenvalue weighted by Crippen LogP contribution is -2.29. The van der Waals surface area contributed by atoms with Gasteiger partial charge < -0.3 is 24.6 Å². The first-order valence-electron chi connectivity index (χ1n) is 11.7. The van der Waals surface area contributed by atoms with Crippen molar-refractivity contribution in [2.75, 3.05) is 11.5 Å². The number of phenols is 1. The predicted molar refractivity (Wildman–Crippen MR) is 142 cm³/mol. The molecule has 4 aromatic rings. The minimum atomic E-state index is -0.145. The summed E-state index contributed by atoms with van der Waals surface area (Å²) in [5.41, 5.74) is 5.83. The highest BCUT2D eigenvalue weighted by molar-refractivity contribution is 7.80. The fourth-order valence-electron chi connectivity index (χ4n) is 4.93. The minimum absolute atomic E-state index is 0.138. The molecular weight excluding hydrogens is 456 g/mol. The van der Waals surface area contributed by atoms with E-state index in [1.54, 1.807) is 6.07 Å². The van der Waals surface area contributed by atoms with Crippen molar-refractivity contribution >= 4 is 23.0 Å². The summed E-state index contributed by atoms with van der Waals surface area (Å²) in [5, 5.41) is 14.7. The molecular formula is C28H28N4O2S. The van der Waals surface area contributed by atoms with Crippen LogP contribution in [-0.4, -0.2) is 26.4 Å². The highest BCUT2D eigenvalue weighted by Crippen LogP contribution is 2.44. The molecule has 1 fully saturated rings. The molecule has 0 saturated carbocycles. The standard InChI is InChI=1S/C28H28N4O2S/c1-4-34-21-14-12-20(13-15-21)32-27(26(30-28(32)35)23-9-7-8-16-29-23)22-17-18(2)31(19(22)3)24-10-5-6-11-25(24)33/h5-17,26-27,33H,4H2,1-3H3,(H,30,35)/t26-,27+/m0/s1. The summed E-state index contributed by atoms with van der Waals surface area (Å²) in [6, 6.07) is 23.3. The molecule has 5 rings (SSSR count). The number of benzene rings is 2. The number of phenolic OH excluding ortho intramolecular Hbond substituents is 1. The smallest absolute Gasteiger partial charge is 0.174 e. The number of hydrogen-bond acceptors (Lipinski definition) is 4. The van der Waals surface area contributed by atoms with Crippen molar-refractivity contribution in [3.8, 4) is 17.2 Å². The number of thiocarbonyl (C=S) groups is 1. The van der Waals surface area contributed by atoms with Crippen LogP contribution in [0.15, 0.2) is 79.0 Å². The molecule has 0 unspecified atom stereocenters. The van der Waals surface area contributed by atoms with Gasteiger partial charge >= 0.3 is 0 Å². The predicted octanol–water partition coefficient (Wildman–Crippen LogP) is 5.77. The molecule has 7 heteroatoms. The first kappa shape index (κ1) is 22.9. The molecule has 1 aliphatic rings. The molecule has 6 nitrogen and oxygen atoms in total. The normalized spacial score (nSPS) is 17.5. The van der Waals surface area contributed by atoms with Gasteiger partial charge in [-0.3, -0.25) is 4.98 Å². The van der Waals surface area contributed by atoms with Crippen LogP contribution in [0.3, 0.4) is 0 Å². The third-order valence-electron chi connectivity index (χ3n) is 6.44. The van der Waals surface area contributed by atoms with Gasteiger partial charge in [0.25, 0.3) is 0 Å². The zero-order chi connectivity index (χ0) is 24.5. The lowest BCUT2D eigenvalue weighted by atomic mass is 9.96. The van der Waals surface area contributed by atoms with E-state index in [-0.39, 0.29) is 17.8 Å². The fourth-order valence-corrected chi connectivity index (χ4v) is 5.28. The molecule has 2 aromatic carbocycles. The molecule has 1 aliphatic heterocycles. The molecule has 2 N–H and O–H groups in total. The number of para-hydroxylation sites is 2. The van der Waals surface area contributed by atoms with Crippen LogP contribution >= 0.6 is 12.2 Å². The van der Waals surface area contributed by atoms with Gasteiger partial charge in [0.15, 0.2) is 5.11 Å². The van der Waals surface area contributed by atoms with Gasteiger partial charge in [-0.05, 0) is 93.1 Å². The molecule has 3 heterocycles. The summed E-state index contributed by atoms with van der Waals surface area (Å²) in [7, 11) is 0. The molecule has 0 radical (unpaired) electrons. The van der Waals surface area contributed by atoms with E-state index < -0.39 is 0 Å². The topological polar surface area (TPSA) is 62.5 Å². The van der Waals surface area contributed by atoms with Crippen molar-refractivity contribution in [1.82, 2.24) is 14.9 Å². The molecule has 35 heavy (non-hydrogen) atoms. The van der Waals surface area contributed by atoms with Crippen LogP contribution in [0, 0.1) is 13.8 Å². The second-order valence-corrected chi connectivity index (χ2v) is 8.96. The largest absolute Gasteiger partial charge is 0.506 e. The number of aromatic nitrogens is 2. The van der Waals surface area contributed by atoms with E-state index in [0.717, 1.165) is 39.8 Å². The second-order valence-electron chi connectivity index (χ2n) is 8.57. The van der Waals surface area contributed by atoms with Crippen LogP contribution < -0.4 is 15.0 Å². The highest BCUT2D eigenvalue weighted by Gasteiger charge is 2.42. The Balaban J connectivity index is 1.65. The number of rotatable bonds is 6. The second kappa shape index (κ2) is 9.43. The van der Waals surface area contributed by atoms with Crippen LogP contribution in [0.1, 0.15) is 41.7 Å². The average Bonchev–Trinajstić information content (AvgIpc) is 3.36. The van der Waals surface area contributed by atoms with Crippen LogP contribution in [0.5, 0.6) is 11.5 Å². The van der Waals surface area contributed by atoms with Gasteiger partial charge in [0.05, 0.1) is 30.1 Å². The van der Waals surface area contributed by atoms with E-state index in [9.17, 15) is 5.11 Å². The lowest BCUT2D eigenvalue weighted by Gasteiger charge is -2.28. The molecule has 0 amide bonds. The number of anilines is 1. The Morgan fingerprint density at radius 3 is 2.46 bits per heavy atom. The number of nitrogens with zero attached hydrogens (tertiary/aromatic N) is 3. The first-order valence-corrected chi connectivity index (χ1v) is 12.1. The van der Waals surface area contributed by atoms with E-state index in [0.29, 0.717) is 11.7 Å². The third kappa shape index (κ3) is 4.12. The van der Waals surface area contributed by atoms with E-state index in [1.807, 2.05) is 73.8 Å². The lowest BCUT2D eigenvalue weighted by molar-refractivity contribution is 0.340. The van der Waals surface area contributed by atoms with E-state index in [4.69, 9.17) is 17.0 Å². The van der Waals surface area contributed by atoms with Crippen molar-refractivity contribution in [2.24, 2.45) is 0 Å². The van der Waals surface area contributed by atoms with Gasteiger partial charge in [-0.15, -0.1) is 0 Å². The summed E-state index contributed by atoms with van der Waals surface area (Å²) in [5.74, 6) is 1.07. The zero-order valence-corrected chi connectivity index (χ0v) is 20.8. The van der Waals surface area contributed by atoms with Crippen molar-refractivity contribution < 1.29 is 9.84 Å². The number of aryl methyl sites for hydroxylation is 1. The molecule has 178 valence electrons. The maximum Gasteiger partial charge on any atom is 0.174 e. The highest BCUT2D eigenvalue weighted by atomic mass is 32.1. The molecule has 0 spiro atoms. The van der Waals surface area contributed by atoms with E-state index >= 15 is 0 Å². The third-order valence-corrected chi connectivity index (χ3v) is 6.75. The molecule has 2 aromatic heterocycles. The van der Waals surface area contributed by atoms with Crippen LogP contribution in [-0.2, 0) is 0 Å². The van der Waals surface area contributed by atoms with Crippen LogP contribution in [0.25, 0.3) is 5.69 Å². The minimum Gasteiger partial charge on any atom is -0.506 e. The van der Waals surface area contributed by atoms with Crippen molar-refractivity contribution in [2.45, 2.75) is 32.9 Å². The van der Waals surface area contributed by atoms with Gasteiger partial charge in [-0.2, -0.15) is 0 Å². The Morgan fingerprint density at radius 2 is 1.77 bits per heavy atom. The summed E-state index contributed by atoms with van der Waals surface area (Å²) in [6.07, 6.45) is 1.81. The van der Waals surface area contributed by atoms with Gasteiger partial charge in [0.1, 0.15) is 11.5 Å². The number of nitrogens with one attached hydrogen (secondary N) is 1. The van der Waals surface area contributed by atoms with Crippen LogP contribution in [0.4, 0.5) is 5.69 Å².